The van der Waals surface area contributed by atoms with Gasteiger partial charge >= 0.3 is 241 Å². The third kappa shape index (κ3) is 4.87. The molecule has 0 atom stereocenters. The molecule has 0 unspecified atom stereocenters. The van der Waals surface area contributed by atoms with Gasteiger partial charge in [0.15, 0.2) is 0 Å². The van der Waals surface area contributed by atoms with Crippen LogP contribution in [0.2, 0.25) is 0 Å². The monoisotopic (exact) mass is 730 g/mol. The molecule has 0 bridgehead atoms. The van der Waals surface area contributed by atoms with Crippen molar-refractivity contribution < 1.29 is 0 Å². The Morgan fingerprint density at radius 2 is 0.385 bits per heavy atom. The third-order valence-corrected chi connectivity index (χ3v) is 30.0. The Morgan fingerprint density at radius 3 is 0.538 bits per heavy atom. The average molecular weight is 730 g/mol. The summed E-state index contributed by atoms with van der Waals surface area (Å²) < 4.78 is 14.6. The molecular formula is C36H30I2N+. The summed E-state index contributed by atoms with van der Waals surface area (Å²) in [4.78, 5) is 0. The Hall–Kier alpha value is -3.51. The van der Waals surface area contributed by atoms with Crippen molar-refractivity contribution in [2.75, 3.05) is 0 Å². The first-order chi connectivity index (χ1) is 19.3. The Labute approximate surface area is 239 Å². The van der Waals surface area contributed by atoms with Gasteiger partial charge in [-0.25, -0.2) is 0 Å². The number of benzene rings is 6. The van der Waals surface area contributed by atoms with Crippen molar-refractivity contribution in [3.8, 4) is 0 Å². The fraction of sp³-hybridized carbons (Fsp3) is 0. The van der Waals surface area contributed by atoms with E-state index in [1.54, 1.807) is 0 Å². The van der Waals surface area contributed by atoms with Crippen LogP contribution >= 0.6 is 36.5 Å². The molecule has 3 heteroatoms. The summed E-state index contributed by atoms with van der Waals surface area (Å²) in [6, 6.07) is 66.6. The van der Waals surface area contributed by atoms with Gasteiger partial charge in [-0.1, -0.05) is 0 Å². The van der Waals surface area contributed by atoms with Gasteiger partial charge in [-0.3, -0.25) is 0 Å². The normalized spacial score (nSPS) is 12.3. The van der Waals surface area contributed by atoms with E-state index in [-0.39, 0.29) is 0 Å². The molecule has 0 heterocycles. The molecule has 6 aromatic carbocycles. The number of hydrogen-bond acceptors (Lipinski definition) is 0. The maximum atomic E-state index is 6.52. The van der Waals surface area contributed by atoms with Crippen LogP contribution in [0, 0.1) is 21.4 Å². The summed E-state index contributed by atoms with van der Waals surface area (Å²) in [6.45, 7) is 0. The topological polar surface area (TPSA) is 14.1 Å². The molecule has 39 heavy (non-hydrogen) atoms. The standard InChI is InChI=1S/C36H30I2N/c1-7-19-31(20-8-1)37(32-21-9-2-10-22-32,33-23-11-3-12-24-33)39-38(34-25-13-4-14-26-34,35-27-15-5-16-28-35)36-29-17-6-18-30-36/h1-30H/q+1. The second-order valence-electron chi connectivity index (χ2n) is 8.91. The van der Waals surface area contributed by atoms with E-state index < -0.39 is 36.5 Å². The van der Waals surface area contributed by atoms with Crippen molar-refractivity contribution in [3.63, 3.8) is 0 Å². The Bertz CT molecular complexity index is 1420. The molecule has 6 rings (SSSR count). The summed E-state index contributed by atoms with van der Waals surface area (Å²) in [5.41, 5.74) is 0. The zero-order chi connectivity index (χ0) is 26.4. The molecule has 0 saturated heterocycles. The van der Waals surface area contributed by atoms with Gasteiger partial charge in [0.25, 0.3) is 0 Å². The molecule has 0 aromatic heterocycles. The second kappa shape index (κ2) is 11.7. The Balaban J connectivity index is 2.02. The Morgan fingerprint density at radius 1 is 0.231 bits per heavy atom. The molecule has 0 N–H and O–H groups in total. The molecule has 0 aliphatic carbocycles. The number of nitrogens with zero attached hydrogens (tertiary/aromatic N) is 1. The average Bonchev–Trinajstić information content (AvgIpc) is 3.04. The van der Waals surface area contributed by atoms with Crippen LogP contribution < -0.4 is 0.973 Å². The summed E-state index contributed by atoms with van der Waals surface area (Å²) in [5, 5.41) is 0. The molecule has 192 valence electrons. The maximum absolute atomic E-state index is 6.52. The SMILES string of the molecule is c1ccc(I(=[N+]=I(c2ccccc2)(c2ccccc2)c2ccccc2)(c2ccccc2)c2ccccc2)cc1. The molecule has 0 aliphatic rings. The number of rotatable bonds is 6. The van der Waals surface area contributed by atoms with E-state index in [4.69, 9.17) is 0.973 Å². The summed E-state index contributed by atoms with van der Waals surface area (Å²) in [6.07, 6.45) is 0. The van der Waals surface area contributed by atoms with Crippen LogP contribution in [0.1, 0.15) is 0 Å². The molecule has 0 amide bonds. The Kier molecular flexibility index (Phi) is 7.73. The first-order valence-corrected chi connectivity index (χ1v) is 21.3. The van der Waals surface area contributed by atoms with Crippen molar-refractivity contribution in [2.45, 2.75) is 0 Å². The van der Waals surface area contributed by atoms with Gasteiger partial charge in [0.1, 0.15) is 0 Å². The fourth-order valence-electron chi connectivity index (χ4n) is 4.70. The first kappa shape index (κ1) is 25.8. The predicted octanol–water partition coefficient (Wildman–Crippen LogP) is 9.72. The van der Waals surface area contributed by atoms with Gasteiger partial charge in [0.05, 0.1) is 0 Å². The van der Waals surface area contributed by atoms with Gasteiger partial charge < -0.3 is 0 Å². The van der Waals surface area contributed by atoms with E-state index in [1.807, 2.05) is 0 Å². The van der Waals surface area contributed by atoms with Crippen molar-refractivity contribution in [1.29, 1.82) is 0 Å². The van der Waals surface area contributed by atoms with Crippen molar-refractivity contribution in [1.82, 2.24) is 0.973 Å². The minimum absolute atomic E-state index is 1.34. The van der Waals surface area contributed by atoms with Crippen molar-refractivity contribution in [3.05, 3.63) is 203 Å². The van der Waals surface area contributed by atoms with E-state index >= 15 is 0 Å². The van der Waals surface area contributed by atoms with Gasteiger partial charge in [0, 0.05) is 0 Å². The van der Waals surface area contributed by atoms with Crippen LogP contribution in [0.5, 0.6) is 0 Å². The second-order valence-corrected chi connectivity index (χ2v) is 25.3. The van der Waals surface area contributed by atoms with E-state index in [9.17, 15) is 0 Å². The quantitative estimate of drug-likeness (QED) is 0.120. The molecule has 0 spiro atoms. The molecular weight excluding hydrogens is 700 g/mol. The number of halogens is 2. The van der Waals surface area contributed by atoms with E-state index in [1.165, 1.54) is 21.4 Å². The van der Waals surface area contributed by atoms with Gasteiger partial charge in [0.2, 0.25) is 0 Å². The van der Waals surface area contributed by atoms with Crippen LogP contribution in [0.15, 0.2) is 182 Å². The molecule has 6 aromatic rings. The first-order valence-electron chi connectivity index (χ1n) is 12.9. The van der Waals surface area contributed by atoms with Crippen molar-refractivity contribution >= 4 is 36.5 Å². The molecule has 0 fully saturated rings. The summed E-state index contributed by atoms with van der Waals surface area (Å²) >= 11 is -7.10. The molecule has 0 saturated carbocycles. The van der Waals surface area contributed by atoms with E-state index in [2.05, 4.69) is 182 Å². The zero-order valence-corrected chi connectivity index (χ0v) is 25.8. The summed E-state index contributed by atoms with van der Waals surface area (Å²) in [5.74, 6) is 0. The molecule has 0 radical (unpaired) electrons. The number of hydrogen-bond donors (Lipinski definition) is 0. The molecule has 1 nitrogen and oxygen atoms in total. The third-order valence-electron chi connectivity index (χ3n) is 6.49. The predicted molar refractivity (Wildman–Crippen MR) is 181 cm³/mol. The van der Waals surface area contributed by atoms with E-state index in [0.717, 1.165) is 0 Å². The van der Waals surface area contributed by atoms with Gasteiger partial charge in [-0.2, -0.15) is 0 Å². The van der Waals surface area contributed by atoms with Crippen LogP contribution in [0.25, 0.3) is 0 Å². The molecule has 0 aliphatic heterocycles. The zero-order valence-electron chi connectivity index (χ0n) is 21.5. The fourth-order valence-corrected chi connectivity index (χ4v) is 33.8. The van der Waals surface area contributed by atoms with Gasteiger partial charge in [-0.05, 0) is 0 Å². The van der Waals surface area contributed by atoms with Crippen LogP contribution in [0.3, 0.4) is 0 Å². The van der Waals surface area contributed by atoms with Crippen LogP contribution in [-0.2, 0) is 0 Å². The van der Waals surface area contributed by atoms with Crippen LogP contribution in [-0.4, -0.2) is 0 Å². The van der Waals surface area contributed by atoms with Crippen molar-refractivity contribution in [2.24, 2.45) is 0 Å². The van der Waals surface area contributed by atoms with Gasteiger partial charge in [-0.15, -0.1) is 0 Å². The van der Waals surface area contributed by atoms with E-state index in [0.29, 0.717) is 0 Å². The summed E-state index contributed by atoms with van der Waals surface area (Å²) in [7, 11) is 0. The van der Waals surface area contributed by atoms with Crippen LogP contribution in [0.4, 0.5) is 0 Å². The minimum atomic E-state index is -3.55.